The molecule has 0 saturated carbocycles. The highest BCUT2D eigenvalue weighted by molar-refractivity contribution is 9.09. The molecule has 0 radical (unpaired) electrons. The number of imidazole rings is 1. The number of alkyl halides is 1. The Morgan fingerprint density at radius 2 is 2.03 bits per heavy atom. The molecule has 11 nitrogen and oxygen atoms in total. The smallest absolute Gasteiger partial charge is 0.342 e. The summed E-state index contributed by atoms with van der Waals surface area (Å²) in [5.41, 5.74) is -0.479. The molecule has 2 saturated heterocycles. The molecular formula is C18H19BrCl2N4O7. The van der Waals surface area contributed by atoms with Gasteiger partial charge in [0.15, 0.2) is 22.6 Å². The van der Waals surface area contributed by atoms with Crippen molar-refractivity contribution in [3.63, 3.8) is 0 Å². The highest BCUT2D eigenvalue weighted by Crippen LogP contribution is 2.40. The van der Waals surface area contributed by atoms with E-state index < -0.39 is 46.8 Å². The molecule has 0 amide bonds. The Labute approximate surface area is 200 Å². The number of aromatic nitrogens is 4. The summed E-state index contributed by atoms with van der Waals surface area (Å²) >= 11 is 15.6. The maximum Gasteiger partial charge on any atom is 0.342 e. The number of halogens is 3. The molecule has 1 unspecified atom stereocenters. The second-order valence-corrected chi connectivity index (χ2v) is 9.62. The highest BCUT2D eigenvalue weighted by atomic mass is 79.9. The lowest BCUT2D eigenvalue weighted by Gasteiger charge is -2.26. The molecule has 2 fully saturated rings. The Morgan fingerprint density at radius 3 is 2.66 bits per heavy atom. The summed E-state index contributed by atoms with van der Waals surface area (Å²) in [4.78, 5) is 35.5. The van der Waals surface area contributed by atoms with Crippen LogP contribution in [0.25, 0.3) is 11.2 Å². The van der Waals surface area contributed by atoms with Crippen LogP contribution in [0.4, 0.5) is 0 Å². The molecule has 174 valence electrons. The zero-order chi connectivity index (χ0) is 23.4. The number of fused-ring (bicyclic) bond motifs is 1. The summed E-state index contributed by atoms with van der Waals surface area (Å²) in [6.45, 7) is 5.80. The van der Waals surface area contributed by atoms with Crippen LogP contribution in [0.5, 0.6) is 0 Å². The topological polar surface area (TPSA) is 124 Å². The molecule has 2 aliphatic rings. The Morgan fingerprint density at radius 1 is 1.31 bits per heavy atom. The molecule has 4 heterocycles. The zero-order valence-corrected chi connectivity index (χ0v) is 20.5. The molecule has 4 rings (SSSR count). The fourth-order valence-corrected chi connectivity index (χ4v) is 4.79. The second kappa shape index (κ2) is 8.33. The number of hydrogen-bond acceptors (Lipinski definition) is 10. The summed E-state index contributed by atoms with van der Waals surface area (Å²) in [6.07, 6.45) is -0.741. The third-order valence-corrected chi connectivity index (χ3v) is 6.32. The van der Waals surface area contributed by atoms with Gasteiger partial charge in [-0.15, -0.1) is 0 Å². The van der Waals surface area contributed by atoms with E-state index in [-0.39, 0.29) is 17.0 Å². The largest absolute Gasteiger partial charge is 0.458 e. The van der Waals surface area contributed by atoms with Crippen molar-refractivity contribution in [2.24, 2.45) is 0 Å². The number of cyclic esters (lactones) is 1. The molecule has 14 heteroatoms. The van der Waals surface area contributed by atoms with Crippen LogP contribution in [0.15, 0.2) is 6.33 Å². The number of carbonyl (C=O) groups is 2. The summed E-state index contributed by atoms with van der Waals surface area (Å²) in [5.74, 6) is -2.67. The van der Waals surface area contributed by atoms with Gasteiger partial charge in [-0.1, -0.05) is 27.5 Å². The zero-order valence-electron chi connectivity index (χ0n) is 17.4. The fourth-order valence-electron chi connectivity index (χ4n) is 3.54. The molecular weight excluding hydrogens is 535 g/mol. The van der Waals surface area contributed by atoms with Gasteiger partial charge in [0.25, 0.3) is 0 Å². The van der Waals surface area contributed by atoms with E-state index in [0.29, 0.717) is 11.2 Å². The number of ether oxygens (including phenoxy) is 5. The van der Waals surface area contributed by atoms with Crippen LogP contribution in [0, 0.1) is 0 Å². The van der Waals surface area contributed by atoms with Crippen LogP contribution in [0.3, 0.4) is 0 Å². The summed E-state index contributed by atoms with van der Waals surface area (Å²) in [6, 6.07) is 0. The van der Waals surface area contributed by atoms with Gasteiger partial charge in [-0.3, -0.25) is 14.1 Å². The van der Waals surface area contributed by atoms with Gasteiger partial charge in [-0.05, 0) is 25.4 Å². The van der Waals surface area contributed by atoms with Crippen LogP contribution >= 0.6 is 39.1 Å². The van der Waals surface area contributed by atoms with E-state index in [9.17, 15) is 9.59 Å². The van der Waals surface area contributed by atoms with Gasteiger partial charge in [-0.25, -0.2) is 14.8 Å². The molecule has 0 aromatic carbocycles. The van der Waals surface area contributed by atoms with Gasteiger partial charge >= 0.3 is 17.9 Å². The molecule has 0 aliphatic carbocycles. The van der Waals surface area contributed by atoms with E-state index in [1.165, 1.54) is 20.2 Å². The van der Waals surface area contributed by atoms with E-state index >= 15 is 0 Å². The lowest BCUT2D eigenvalue weighted by atomic mass is 10.1. The van der Waals surface area contributed by atoms with Crippen molar-refractivity contribution in [3.8, 4) is 0 Å². The number of rotatable bonds is 5. The molecule has 0 N–H and O–H groups in total. The maximum atomic E-state index is 12.0. The van der Waals surface area contributed by atoms with E-state index in [0.717, 1.165) is 0 Å². The predicted octanol–water partition coefficient (Wildman–Crippen LogP) is 2.77. The summed E-state index contributed by atoms with van der Waals surface area (Å²) < 4.78 is 29.8. The van der Waals surface area contributed by atoms with Crippen molar-refractivity contribution in [3.05, 3.63) is 16.8 Å². The standard InChI is InChI=1S/C18H19BrCl2N4O7/c1-7(26)29-11-8(5-28-18(4)31-15(27)17(2,3)32-18)30-14(9(11)19)25-6-22-10-12(20)23-16(21)24-13(10)25/h6,8-9,11,14H,5H2,1-4H3/t8-,9+,11-,14-,18?/m1/s1. The predicted molar refractivity (Wildman–Crippen MR) is 113 cm³/mol. The van der Waals surface area contributed by atoms with Gasteiger partial charge in [0, 0.05) is 13.8 Å². The minimum Gasteiger partial charge on any atom is -0.458 e. The fraction of sp³-hybridized carbons (Fsp3) is 0.611. The lowest BCUT2D eigenvalue weighted by molar-refractivity contribution is -0.336. The molecule has 2 aliphatic heterocycles. The van der Waals surface area contributed by atoms with E-state index in [1.807, 2.05) is 0 Å². The van der Waals surface area contributed by atoms with Crippen molar-refractivity contribution < 1.29 is 33.3 Å². The first kappa shape index (κ1) is 23.6. The lowest BCUT2D eigenvalue weighted by Crippen LogP contribution is -2.40. The molecule has 2 aromatic rings. The number of hydrogen-bond donors (Lipinski definition) is 0. The van der Waals surface area contributed by atoms with Crippen LogP contribution < -0.4 is 0 Å². The Bertz CT molecular complexity index is 1080. The number of nitrogens with zero attached hydrogens (tertiary/aromatic N) is 4. The summed E-state index contributed by atoms with van der Waals surface area (Å²) in [7, 11) is 0. The van der Waals surface area contributed by atoms with Gasteiger partial charge in [0.2, 0.25) is 5.28 Å². The third kappa shape index (κ3) is 4.31. The maximum absolute atomic E-state index is 12.0. The Balaban J connectivity index is 1.58. The Hall–Kier alpha value is -1.57. The first-order chi connectivity index (χ1) is 14.9. The Kier molecular flexibility index (Phi) is 6.14. The molecule has 0 spiro atoms. The summed E-state index contributed by atoms with van der Waals surface area (Å²) in [5, 5.41) is 0.0375. The van der Waals surface area contributed by atoms with Crippen LogP contribution in [0.1, 0.15) is 33.9 Å². The van der Waals surface area contributed by atoms with Gasteiger partial charge in [-0.2, -0.15) is 4.98 Å². The van der Waals surface area contributed by atoms with Crippen LogP contribution in [-0.4, -0.2) is 66.7 Å². The van der Waals surface area contributed by atoms with Gasteiger partial charge < -0.3 is 18.9 Å². The van der Waals surface area contributed by atoms with Crippen molar-refractivity contribution in [2.75, 3.05) is 6.61 Å². The van der Waals surface area contributed by atoms with Crippen LogP contribution in [-0.2, 0) is 33.3 Å². The van der Waals surface area contributed by atoms with Crippen molar-refractivity contribution in [1.82, 2.24) is 19.5 Å². The molecule has 2 aromatic heterocycles. The van der Waals surface area contributed by atoms with Crippen molar-refractivity contribution in [2.45, 2.75) is 62.5 Å². The van der Waals surface area contributed by atoms with E-state index in [1.54, 1.807) is 18.4 Å². The first-order valence-electron chi connectivity index (χ1n) is 9.50. The van der Waals surface area contributed by atoms with E-state index in [2.05, 4.69) is 30.9 Å². The number of esters is 2. The highest BCUT2D eigenvalue weighted by Gasteiger charge is 2.53. The van der Waals surface area contributed by atoms with Crippen molar-refractivity contribution in [1.29, 1.82) is 0 Å². The normalized spacial score (nSPS) is 31.8. The molecule has 32 heavy (non-hydrogen) atoms. The third-order valence-electron chi connectivity index (χ3n) is 4.91. The average Bonchev–Trinajstić information content (AvgIpc) is 3.27. The van der Waals surface area contributed by atoms with E-state index in [4.69, 9.17) is 46.9 Å². The monoisotopic (exact) mass is 552 g/mol. The molecule has 5 atom stereocenters. The average molecular weight is 554 g/mol. The van der Waals surface area contributed by atoms with Gasteiger partial charge in [0.1, 0.15) is 17.7 Å². The number of carbonyl (C=O) groups excluding carboxylic acids is 2. The minimum atomic E-state index is -1.61. The second-order valence-electron chi connectivity index (χ2n) is 7.87. The molecule has 0 bridgehead atoms. The van der Waals surface area contributed by atoms with Crippen molar-refractivity contribution >= 4 is 62.2 Å². The quantitative estimate of drug-likeness (QED) is 0.236. The van der Waals surface area contributed by atoms with Gasteiger partial charge in [0.05, 0.1) is 17.8 Å². The first-order valence-corrected chi connectivity index (χ1v) is 11.2. The van der Waals surface area contributed by atoms with Crippen LogP contribution in [0.2, 0.25) is 10.4 Å². The minimum absolute atomic E-state index is 0.0551. The SMILES string of the molecule is CC(=O)O[C@H]1[C@H](Br)[C@H](n2cnc3c(Cl)nc(Cl)nc32)O[C@@H]1COC1(C)OC(=O)C(C)(C)O1.